The average Bonchev–Trinajstić information content (AvgIpc) is 2.92. The summed E-state index contributed by atoms with van der Waals surface area (Å²) >= 11 is 8.21. The molecule has 0 saturated carbocycles. The van der Waals surface area contributed by atoms with Crippen LogP contribution in [0.3, 0.4) is 0 Å². The van der Waals surface area contributed by atoms with Crippen molar-refractivity contribution in [2.75, 3.05) is 37.7 Å². The standard InChI is InChI=1S/C17H23ClN2OS/c18-16-7-2-1-6-15(16)17(21)20-10-5-11-22-13-14(20)12-19-8-3-4-9-19/h1-2,6-7,14H,3-5,8-13H2. The maximum atomic E-state index is 13.0. The first-order valence-corrected chi connectivity index (χ1v) is 9.64. The second kappa shape index (κ2) is 7.71. The molecule has 2 heterocycles. The highest BCUT2D eigenvalue weighted by Gasteiger charge is 2.29. The topological polar surface area (TPSA) is 23.6 Å². The number of likely N-dealkylation sites (tertiary alicyclic amines) is 1. The number of hydrogen-bond donors (Lipinski definition) is 0. The maximum Gasteiger partial charge on any atom is 0.255 e. The van der Waals surface area contributed by atoms with Crippen LogP contribution < -0.4 is 0 Å². The Labute approximate surface area is 142 Å². The van der Waals surface area contributed by atoms with Gasteiger partial charge in [0.25, 0.3) is 5.91 Å². The van der Waals surface area contributed by atoms with Crippen LogP contribution in [0.4, 0.5) is 0 Å². The van der Waals surface area contributed by atoms with Gasteiger partial charge in [0.15, 0.2) is 0 Å². The van der Waals surface area contributed by atoms with E-state index in [1.807, 2.05) is 30.0 Å². The Hall–Kier alpha value is -0.710. The van der Waals surface area contributed by atoms with Gasteiger partial charge < -0.3 is 9.80 Å². The lowest BCUT2D eigenvalue weighted by Gasteiger charge is -2.33. The molecule has 2 aliphatic heterocycles. The van der Waals surface area contributed by atoms with Gasteiger partial charge in [-0.25, -0.2) is 0 Å². The minimum atomic E-state index is 0.0947. The zero-order valence-corrected chi connectivity index (χ0v) is 14.4. The molecular weight excluding hydrogens is 316 g/mol. The molecule has 3 rings (SSSR count). The third kappa shape index (κ3) is 3.79. The van der Waals surface area contributed by atoms with Crippen molar-refractivity contribution in [3.05, 3.63) is 34.9 Å². The summed E-state index contributed by atoms with van der Waals surface area (Å²) in [4.78, 5) is 17.5. The van der Waals surface area contributed by atoms with Crippen molar-refractivity contribution in [1.82, 2.24) is 9.80 Å². The molecule has 22 heavy (non-hydrogen) atoms. The van der Waals surface area contributed by atoms with Gasteiger partial charge in [-0.2, -0.15) is 11.8 Å². The second-order valence-corrected chi connectivity index (χ2v) is 7.63. The lowest BCUT2D eigenvalue weighted by Crippen LogP contribution is -2.47. The number of thioether (sulfide) groups is 1. The molecule has 2 saturated heterocycles. The molecule has 0 bridgehead atoms. The summed E-state index contributed by atoms with van der Waals surface area (Å²) in [6.45, 7) is 4.20. The predicted molar refractivity (Wildman–Crippen MR) is 93.9 cm³/mol. The number of hydrogen-bond acceptors (Lipinski definition) is 3. The number of benzene rings is 1. The molecule has 0 radical (unpaired) electrons. The van der Waals surface area contributed by atoms with E-state index in [1.165, 1.54) is 25.9 Å². The normalized spacial score (nSPS) is 23.5. The van der Waals surface area contributed by atoms with E-state index >= 15 is 0 Å². The molecule has 3 nitrogen and oxygen atoms in total. The Morgan fingerprint density at radius 3 is 2.73 bits per heavy atom. The Balaban J connectivity index is 1.77. The number of nitrogens with zero attached hydrogens (tertiary/aromatic N) is 2. The fourth-order valence-corrected chi connectivity index (χ4v) is 4.57. The summed E-state index contributed by atoms with van der Waals surface area (Å²) < 4.78 is 0. The minimum Gasteiger partial charge on any atom is -0.333 e. The molecule has 0 aromatic heterocycles. The first-order chi connectivity index (χ1) is 10.8. The van der Waals surface area contributed by atoms with Crippen molar-refractivity contribution < 1.29 is 4.79 Å². The van der Waals surface area contributed by atoms with Crippen LogP contribution in [-0.4, -0.2) is 59.4 Å². The van der Waals surface area contributed by atoms with Crippen LogP contribution in [-0.2, 0) is 0 Å². The van der Waals surface area contributed by atoms with Crippen molar-refractivity contribution in [2.45, 2.75) is 25.3 Å². The highest BCUT2D eigenvalue weighted by atomic mass is 35.5. The van der Waals surface area contributed by atoms with Crippen molar-refractivity contribution >= 4 is 29.3 Å². The van der Waals surface area contributed by atoms with Crippen LogP contribution in [0.1, 0.15) is 29.6 Å². The van der Waals surface area contributed by atoms with E-state index in [1.54, 1.807) is 6.07 Å². The molecule has 1 amide bonds. The van der Waals surface area contributed by atoms with Crippen LogP contribution in [0.5, 0.6) is 0 Å². The number of carbonyl (C=O) groups is 1. The summed E-state index contributed by atoms with van der Waals surface area (Å²) in [7, 11) is 0. The molecule has 2 aliphatic rings. The summed E-state index contributed by atoms with van der Waals surface area (Å²) in [5, 5.41) is 0.560. The first-order valence-electron chi connectivity index (χ1n) is 8.11. The van der Waals surface area contributed by atoms with E-state index in [0.717, 1.165) is 31.0 Å². The molecule has 1 aromatic carbocycles. The Morgan fingerprint density at radius 2 is 1.95 bits per heavy atom. The molecule has 1 unspecified atom stereocenters. The van der Waals surface area contributed by atoms with E-state index in [9.17, 15) is 4.79 Å². The zero-order valence-electron chi connectivity index (χ0n) is 12.8. The Kier molecular flexibility index (Phi) is 5.66. The fraction of sp³-hybridized carbons (Fsp3) is 0.588. The maximum absolute atomic E-state index is 13.0. The van der Waals surface area contributed by atoms with E-state index in [2.05, 4.69) is 9.80 Å². The molecule has 120 valence electrons. The quantitative estimate of drug-likeness (QED) is 0.844. The lowest BCUT2D eigenvalue weighted by molar-refractivity contribution is 0.0667. The van der Waals surface area contributed by atoms with Gasteiger partial charge in [-0.3, -0.25) is 4.79 Å². The molecule has 0 N–H and O–H groups in total. The molecule has 0 aliphatic carbocycles. The van der Waals surface area contributed by atoms with Crippen molar-refractivity contribution in [3.8, 4) is 0 Å². The fourth-order valence-electron chi connectivity index (χ4n) is 3.30. The largest absolute Gasteiger partial charge is 0.333 e. The summed E-state index contributed by atoms with van der Waals surface area (Å²) in [5.74, 6) is 2.27. The number of amides is 1. The third-order valence-electron chi connectivity index (χ3n) is 4.47. The van der Waals surface area contributed by atoms with Crippen LogP contribution >= 0.6 is 23.4 Å². The molecule has 1 aromatic rings. The van der Waals surface area contributed by atoms with Gasteiger partial charge in [0, 0.05) is 18.8 Å². The number of carbonyl (C=O) groups excluding carboxylic acids is 1. The van der Waals surface area contributed by atoms with Crippen molar-refractivity contribution in [2.24, 2.45) is 0 Å². The third-order valence-corrected chi connectivity index (χ3v) is 6.00. The summed E-state index contributed by atoms with van der Waals surface area (Å²) in [5.41, 5.74) is 0.641. The predicted octanol–water partition coefficient (Wildman–Crippen LogP) is 3.38. The van der Waals surface area contributed by atoms with Gasteiger partial charge in [0.2, 0.25) is 0 Å². The van der Waals surface area contributed by atoms with E-state index in [4.69, 9.17) is 11.6 Å². The van der Waals surface area contributed by atoms with Crippen LogP contribution in [0.25, 0.3) is 0 Å². The van der Waals surface area contributed by atoms with Crippen molar-refractivity contribution in [3.63, 3.8) is 0 Å². The average molecular weight is 339 g/mol. The number of halogens is 1. The smallest absolute Gasteiger partial charge is 0.255 e. The highest BCUT2D eigenvalue weighted by Crippen LogP contribution is 2.24. The van der Waals surface area contributed by atoms with Gasteiger partial charge >= 0.3 is 0 Å². The van der Waals surface area contributed by atoms with Crippen molar-refractivity contribution in [1.29, 1.82) is 0 Å². The van der Waals surface area contributed by atoms with Gasteiger partial charge in [0.1, 0.15) is 0 Å². The summed E-state index contributed by atoms with van der Waals surface area (Å²) in [6, 6.07) is 7.71. The van der Waals surface area contributed by atoms with E-state index in [0.29, 0.717) is 16.6 Å². The van der Waals surface area contributed by atoms with E-state index in [-0.39, 0.29) is 5.91 Å². The van der Waals surface area contributed by atoms with Gasteiger partial charge in [-0.15, -0.1) is 0 Å². The van der Waals surface area contributed by atoms with E-state index < -0.39 is 0 Å². The minimum absolute atomic E-state index is 0.0947. The van der Waals surface area contributed by atoms with Crippen LogP contribution in [0.2, 0.25) is 5.02 Å². The summed E-state index contributed by atoms with van der Waals surface area (Å²) in [6.07, 6.45) is 3.65. The SMILES string of the molecule is O=C(c1ccccc1Cl)N1CCCSCC1CN1CCCC1. The molecule has 1 atom stereocenters. The molecule has 0 spiro atoms. The van der Waals surface area contributed by atoms with Gasteiger partial charge in [-0.05, 0) is 50.2 Å². The lowest BCUT2D eigenvalue weighted by atomic mass is 10.1. The molecular formula is C17H23ClN2OS. The second-order valence-electron chi connectivity index (χ2n) is 6.07. The highest BCUT2D eigenvalue weighted by molar-refractivity contribution is 7.99. The van der Waals surface area contributed by atoms with Gasteiger partial charge in [0.05, 0.1) is 16.6 Å². The van der Waals surface area contributed by atoms with Gasteiger partial charge in [-0.1, -0.05) is 23.7 Å². The first kappa shape index (κ1) is 16.2. The number of rotatable bonds is 3. The van der Waals surface area contributed by atoms with Crippen LogP contribution in [0.15, 0.2) is 24.3 Å². The Morgan fingerprint density at radius 1 is 1.18 bits per heavy atom. The molecule has 2 fully saturated rings. The Bertz CT molecular complexity index is 519. The zero-order chi connectivity index (χ0) is 15.4. The molecule has 5 heteroatoms. The monoisotopic (exact) mass is 338 g/mol. The van der Waals surface area contributed by atoms with Crippen LogP contribution in [0, 0.1) is 0 Å².